The lowest BCUT2D eigenvalue weighted by atomic mass is 10.0. The number of fused-ring (bicyclic) bond motifs is 1. The van der Waals surface area contributed by atoms with E-state index in [1.54, 1.807) is 6.07 Å². The van der Waals surface area contributed by atoms with Crippen molar-refractivity contribution in [3.63, 3.8) is 0 Å². The van der Waals surface area contributed by atoms with Crippen molar-refractivity contribution >= 4 is 21.4 Å². The van der Waals surface area contributed by atoms with Gasteiger partial charge < -0.3 is 5.32 Å². The number of aryl methyl sites for hydroxylation is 1. The molecule has 0 aliphatic heterocycles. The van der Waals surface area contributed by atoms with Gasteiger partial charge in [-0.1, -0.05) is 25.2 Å². The van der Waals surface area contributed by atoms with Crippen LogP contribution in [0.25, 0.3) is 4.96 Å². The van der Waals surface area contributed by atoms with E-state index in [2.05, 4.69) is 22.3 Å². The Bertz CT molecular complexity index is 656. The summed E-state index contributed by atoms with van der Waals surface area (Å²) in [5, 5.41) is 8.45. The van der Waals surface area contributed by atoms with Gasteiger partial charge in [0.2, 0.25) is 10.1 Å². The number of rotatable bonds is 5. The first kappa shape index (κ1) is 12.6. The molecule has 0 saturated heterocycles. The van der Waals surface area contributed by atoms with E-state index in [1.807, 2.05) is 6.92 Å². The van der Waals surface area contributed by atoms with Crippen molar-refractivity contribution in [2.45, 2.75) is 39.5 Å². The van der Waals surface area contributed by atoms with Crippen LogP contribution >= 0.6 is 11.3 Å². The second kappa shape index (κ2) is 4.59. The highest BCUT2D eigenvalue weighted by molar-refractivity contribution is 7.20. The highest BCUT2D eigenvalue weighted by Crippen LogP contribution is 2.48. The molecule has 0 bridgehead atoms. The van der Waals surface area contributed by atoms with Crippen LogP contribution in [0.5, 0.6) is 0 Å². The van der Waals surface area contributed by atoms with Crippen LogP contribution in [0, 0.1) is 5.41 Å². The molecule has 3 rings (SSSR count). The quantitative estimate of drug-likeness (QED) is 0.912. The second-order valence-electron chi connectivity index (χ2n) is 5.25. The SMILES string of the molecule is CCc1cc(=O)n2nc(NCC3(CC)CC3)sc2n1. The monoisotopic (exact) mass is 278 g/mol. The Morgan fingerprint density at radius 2 is 2.26 bits per heavy atom. The minimum atomic E-state index is -0.0947. The summed E-state index contributed by atoms with van der Waals surface area (Å²) in [6, 6.07) is 1.56. The van der Waals surface area contributed by atoms with Gasteiger partial charge in [0.15, 0.2) is 0 Å². The predicted octanol–water partition coefficient (Wildman–Crippen LogP) is 2.32. The Balaban J connectivity index is 1.85. The van der Waals surface area contributed by atoms with Crippen LogP contribution in [0.15, 0.2) is 10.9 Å². The molecule has 1 aliphatic carbocycles. The van der Waals surface area contributed by atoms with Gasteiger partial charge in [-0.15, -0.1) is 5.10 Å². The number of nitrogens with zero attached hydrogens (tertiary/aromatic N) is 3. The van der Waals surface area contributed by atoms with Crippen molar-refractivity contribution in [1.82, 2.24) is 14.6 Å². The smallest absolute Gasteiger partial charge is 0.275 e. The van der Waals surface area contributed by atoms with Gasteiger partial charge in [-0.05, 0) is 31.1 Å². The van der Waals surface area contributed by atoms with Crippen LogP contribution in [-0.4, -0.2) is 21.1 Å². The van der Waals surface area contributed by atoms with Gasteiger partial charge in [0.25, 0.3) is 5.56 Å². The standard InChI is InChI=1S/C13H18N4OS/c1-3-9-7-10(18)17-12(15-9)19-11(16-17)14-8-13(4-2)5-6-13/h7H,3-6,8H2,1-2H3,(H,14,16). The lowest BCUT2D eigenvalue weighted by Gasteiger charge is -2.11. The van der Waals surface area contributed by atoms with Crippen molar-refractivity contribution < 1.29 is 0 Å². The molecular formula is C13H18N4OS. The molecule has 0 radical (unpaired) electrons. The Morgan fingerprint density at radius 3 is 2.89 bits per heavy atom. The van der Waals surface area contributed by atoms with Gasteiger partial charge in [-0.25, -0.2) is 4.98 Å². The van der Waals surface area contributed by atoms with Gasteiger partial charge in [0.05, 0.1) is 0 Å². The fourth-order valence-electron chi connectivity index (χ4n) is 2.20. The Kier molecular flexibility index (Phi) is 3.05. The van der Waals surface area contributed by atoms with E-state index in [9.17, 15) is 4.79 Å². The minimum absolute atomic E-state index is 0.0947. The molecule has 1 aliphatic rings. The first-order chi connectivity index (χ1) is 9.15. The fraction of sp³-hybridized carbons (Fsp3) is 0.615. The van der Waals surface area contributed by atoms with E-state index in [0.29, 0.717) is 10.4 Å². The summed E-state index contributed by atoms with van der Waals surface area (Å²) < 4.78 is 1.39. The van der Waals surface area contributed by atoms with Crippen molar-refractivity contribution in [2.75, 3.05) is 11.9 Å². The largest absolute Gasteiger partial charge is 0.360 e. The van der Waals surface area contributed by atoms with E-state index >= 15 is 0 Å². The summed E-state index contributed by atoms with van der Waals surface area (Å²) in [5.74, 6) is 0. The number of aromatic nitrogens is 3. The number of hydrogen-bond donors (Lipinski definition) is 1. The average Bonchev–Trinajstić information content (AvgIpc) is 3.08. The molecule has 5 nitrogen and oxygen atoms in total. The van der Waals surface area contributed by atoms with Crippen LogP contribution in [-0.2, 0) is 6.42 Å². The highest BCUT2D eigenvalue weighted by Gasteiger charge is 2.40. The van der Waals surface area contributed by atoms with Crippen LogP contribution in [0.1, 0.15) is 38.8 Å². The third-order valence-corrected chi connectivity index (χ3v) is 4.85. The van der Waals surface area contributed by atoms with E-state index in [1.165, 1.54) is 35.1 Å². The number of anilines is 1. The maximum Gasteiger partial charge on any atom is 0.275 e. The third kappa shape index (κ3) is 2.36. The van der Waals surface area contributed by atoms with E-state index in [0.717, 1.165) is 23.8 Å². The third-order valence-electron chi connectivity index (χ3n) is 3.98. The van der Waals surface area contributed by atoms with Crippen molar-refractivity contribution in [3.8, 4) is 0 Å². The molecule has 2 heterocycles. The number of nitrogens with one attached hydrogen (secondary N) is 1. The van der Waals surface area contributed by atoms with Crippen LogP contribution in [0.4, 0.5) is 5.13 Å². The molecule has 19 heavy (non-hydrogen) atoms. The molecule has 1 saturated carbocycles. The van der Waals surface area contributed by atoms with Gasteiger partial charge in [0, 0.05) is 18.3 Å². The van der Waals surface area contributed by atoms with Crippen molar-refractivity contribution in [1.29, 1.82) is 0 Å². The fourth-order valence-corrected chi connectivity index (χ4v) is 3.02. The van der Waals surface area contributed by atoms with Gasteiger partial charge >= 0.3 is 0 Å². The van der Waals surface area contributed by atoms with Crippen LogP contribution in [0.3, 0.4) is 0 Å². The molecular weight excluding hydrogens is 260 g/mol. The minimum Gasteiger partial charge on any atom is -0.360 e. The molecule has 102 valence electrons. The topological polar surface area (TPSA) is 59.3 Å². The zero-order valence-corrected chi connectivity index (χ0v) is 12.1. The van der Waals surface area contributed by atoms with Gasteiger partial charge in [-0.3, -0.25) is 4.79 Å². The molecule has 2 aromatic heterocycles. The van der Waals surface area contributed by atoms with Crippen molar-refractivity contribution in [2.24, 2.45) is 5.41 Å². The first-order valence-corrected chi connectivity index (χ1v) is 7.61. The zero-order valence-electron chi connectivity index (χ0n) is 11.3. The summed E-state index contributed by atoms with van der Waals surface area (Å²) in [7, 11) is 0. The normalized spacial score (nSPS) is 16.7. The summed E-state index contributed by atoms with van der Waals surface area (Å²) in [6.07, 6.45) is 4.55. The molecule has 0 unspecified atom stereocenters. The molecule has 1 N–H and O–H groups in total. The maximum atomic E-state index is 11.9. The Hall–Kier alpha value is -1.43. The van der Waals surface area contributed by atoms with E-state index < -0.39 is 0 Å². The molecule has 0 amide bonds. The van der Waals surface area contributed by atoms with Crippen molar-refractivity contribution in [3.05, 3.63) is 22.1 Å². The molecule has 1 fully saturated rings. The average molecular weight is 278 g/mol. The maximum absolute atomic E-state index is 11.9. The lowest BCUT2D eigenvalue weighted by molar-refractivity contribution is 0.521. The molecule has 2 aromatic rings. The van der Waals surface area contributed by atoms with E-state index in [4.69, 9.17) is 0 Å². The Morgan fingerprint density at radius 1 is 1.47 bits per heavy atom. The van der Waals surface area contributed by atoms with Crippen LogP contribution < -0.4 is 10.9 Å². The summed E-state index contributed by atoms with van der Waals surface area (Å²) in [5.41, 5.74) is 1.19. The summed E-state index contributed by atoms with van der Waals surface area (Å²) >= 11 is 1.45. The lowest BCUT2D eigenvalue weighted by Crippen LogP contribution is -2.17. The zero-order chi connectivity index (χ0) is 13.5. The van der Waals surface area contributed by atoms with Gasteiger partial charge in [-0.2, -0.15) is 4.52 Å². The highest BCUT2D eigenvalue weighted by atomic mass is 32.1. The molecule has 0 spiro atoms. The van der Waals surface area contributed by atoms with Gasteiger partial charge in [0.1, 0.15) is 0 Å². The molecule has 0 atom stereocenters. The summed E-state index contributed by atoms with van der Waals surface area (Å²) in [6.45, 7) is 5.17. The van der Waals surface area contributed by atoms with E-state index in [-0.39, 0.29) is 5.56 Å². The molecule has 0 aromatic carbocycles. The molecule has 6 heteroatoms. The first-order valence-electron chi connectivity index (χ1n) is 6.79. The van der Waals surface area contributed by atoms with Crippen LogP contribution in [0.2, 0.25) is 0 Å². The predicted molar refractivity (Wildman–Crippen MR) is 77.0 cm³/mol. The number of hydrogen-bond acceptors (Lipinski definition) is 5. The summed E-state index contributed by atoms with van der Waals surface area (Å²) in [4.78, 5) is 17.0. The second-order valence-corrected chi connectivity index (χ2v) is 6.20. The Labute approximate surface area is 115 Å².